The molecule has 0 radical (unpaired) electrons. The molecule has 1 amide bonds. The van der Waals surface area contributed by atoms with Crippen LogP contribution >= 0.6 is 12.4 Å². The summed E-state index contributed by atoms with van der Waals surface area (Å²) in [5.41, 5.74) is 8.10. The van der Waals surface area contributed by atoms with Crippen molar-refractivity contribution in [2.24, 2.45) is 5.73 Å². The second-order valence-electron chi connectivity index (χ2n) is 5.24. The second-order valence-corrected chi connectivity index (χ2v) is 7.50. The summed E-state index contributed by atoms with van der Waals surface area (Å²) in [7, 11) is -3.08. The first kappa shape index (κ1) is 20.9. The van der Waals surface area contributed by atoms with Crippen LogP contribution in [0.1, 0.15) is 24.5 Å². The molecule has 0 saturated carbocycles. The Kier molecular flexibility index (Phi) is 9.32. The number of amides is 1. The molecule has 1 rings (SSSR count). The third-order valence-electron chi connectivity index (χ3n) is 3.28. The number of carbonyl (C=O) groups excluding carboxylic acids is 1. The average molecular weight is 349 g/mol. The van der Waals surface area contributed by atoms with Crippen LogP contribution in [0.5, 0.6) is 0 Å². The monoisotopic (exact) mass is 348 g/mol. The Morgan fingerprint density at radius 3 is 2.27 bits per heavy atom. The predicted octanol–water partition coefficient (Wildman–Crippen LogP) is 1.09. The molecular formula is C15H25ClN2O3S. The number of rotatable bonds is 8. The van der Waals surface area contributed by atoms with Crippen molar-refractivity contribution in [3.05, 3.63) is 35.4 Å². The van der Waals surface area contributed by atoms with E-state index in [1.807, 2.05) is 0 Å². The van der Waals surface area contributed by atoms with Gasteiger partial charge in [0.25, 0.3) is 0 Å². The van der Waals surface area contributed by atoms with Crippen molar-refractivity contribution in [2.75, 3.05) is 18.6 Å². The van der Waals surface area contributed by atoms with E-state index in [0.717, 1.165) is 24.7 Å². The Balaban J connectivity index is 0.00000441. The van der Waals surface area contributed by atoms with Gasteiger partial charge < -0.3 is 11.1 Å². The summed E-state index contributed by atoms with van der Waals surface area (Å²) in [5, 5.41) is 2.74. The molecule has 1 aromatic carbocycles. The van der Waals surface area contributed by atoms with Gasteiger partial charge in [-0.2, -0.15) is 0 Å². The highest BCUT2D eigenvalue weighted by molar-refractivity contribution is 7.90. The Morgan fingerprint density at radius 1 is 1.23 bits per heavy atom. The highest BCUT2D eigenvalue weighted by Gasteiger charge is 2.15. The maximum atomic E-state index is 11.7. The summed E-state index contributed by atoms with van der Waals surface area (Å²) in [6.45, 7) is 2.60. The van der Waals surface area contributed by atoms with Crippen LogP contribution in [0.4, 0.5) is 0 Å². The minimum atomic E-state index is -3.08. The van der Waals surface area contributed by atoms with E-state index in [2.05, 4.69) is 36.5 Å². The maximum Gasteiger partial charge on any atom is 0.236 e. The molecule has 0 saturated heterocycles. The summed E-state index contributed by atoms with van der Waals surface area (Å²) in [4.78, 5) is 11.7. The summed E-state index contributed by atoms with van der Waals surface area (Å²) < 4.78 is 22.0. The number of nitrogens with two attached hydrogens (primary N) is 1. The molecule has 3 N–H and O–H groups in total. The van der Waals surface area contributed by atoms with Crippen molar-refractivity contribution in [1.29, 1.82) is 0 Å². The first-order valence-electron chi connectivity index (χ1n) is 7.10. The number of carbonyl (C=O) groups is 1. The van der Waals surface area contributed by atoms with Crippen molar-refractivity contribution in [1.82, 2.24) is 5.32 Å². The topological polar surface area (TPSA) is 89.3 Å². The average Bonchev–Trinajstić information content (AvgIpc) is 2.44. The highest BCUT2D eigenvalue weighted by Crippen LogP contribution is 2.05. The summed E-state index contributed by atoms with van der Waals surface area (Å²) in [6, 6.07) is 7.48. The number of benzene rings is 1. The summed E-state index contributed by atoms with van der Waals surface area (Å²) in [5.74, 6) is -0.371. The van der Waals surface area contributed by atoms with Gasteiger partial charge in [-0.15, -0.1) is 12.4 Å². The van der Waals surface area contributed by atoms with Gasteiger partial charge in [0.2, 0.25) is 5.91 Å². The lowest BCUT2D eigenvalue weighted by atomic mass is 10.1. The van der Waals surface area contributed by atoms with Crippen molar-refractivity contribution in [2.45, 2.75) is 32.2 Å². The van der Waals surface area contributed by atoms with Gasteiger partial charge in [0.15, 0.2) is 0 Å². The van der Waals surface area contributed by atoms with Crippen LogP contribution in [0, 0.1) is 0 Å². The molecule has 0 aromatic heterocycles. The first-order valence-corrected chi connectivity index (χ1v) is 9.16. The highest BCUT2D eigenvalue weighted by atomic mass is 35.5. The third-order valence-corrected chi connectivity index (χ3v) is 4.26. The normalized spacial score (nSPS) is 12.3. The molecular weight excluding hydrogens is 324 g/mol. The van der Waals surface area contributed by atoms with E-state index in [9.17, 15) is 13.2 Å². The lowest BCUT2D eigenvalue weighted by Gasteiger charge is -2.11. The standard InChI is InChI=1S/C15H24N2O3S.ClH/c1-3-12-4-6-13(7-5-12)8-10-17-15(18)14(16)9-11-21(2,19)20;/h4-7,14H,3,8-11,16H2,1-2H3,(H,17,18);1H. The Bertz CT molecular complexity index is 559. The van der Waals surface area contributed by atoms with Crippen molar-refractivity contribution >= 4 is 28.2 Å². The van der Waals surface area contributed by atoms with E-state index in [-0.39, 0.29) is 30.5 Å². The largest absolute Gasteiger partial charge is 0.354 e. The zero-order valence-electron chi connectivity index (χ0n) is 13.0. The van der Waals surface area contributed by atoms with E-state index in [4.69, 9.17) is 5.73 Å². The lowest BCUT2D eigenvalue weighted by molar-refractivity contribution is -0.122. The minimum absolute atomic E-state index is 0. The van der Waals surface area contributed by atoms with Crippen LogP contribution in [-0.4, -0.2) is 38.9 Å². The Morgan fingerprint density at radius 2 is 1.77 bits per heavy atom. The van der Waals surface area contributed by atoms with Crippen LogP contribution in [0.15, 0.2) is 24.3 Å². The van der Waals surface area contributed by atoms with E-state index in [1.54, 1.807) is 0 Å². The molecule has 1 atom stereocenters. The van der Waals surface area contributed by atoms with Crippen LogP contribution in [0.25, 0.3) is 0 Å². The van der Waals surface area contributed by atoms with Gasteiger partial charge in [0.1, 0.15) is 9.84 Å². The first-order chi connectivity index (χ1) is 9.81. The number of nitrogens with one attached hydrogen (secondary N) is 1. The fourth-order valence-corrected chi connectivity index (χ4v) is 2.56. The zero-order valence-corrected chi connectivity index (χ0v) is 14.7. The molecule has 0 aliphatic carbocycles. The molecule has 5 nitrogen and oxygen atoms in total. The maximum absolute atomic E-state index is 11.7. The molecule has 1 unspecified atom stereocenters. The van der Waals surface area contributed by atoms with Crippen molar-refractivity contribution in [3.63, 3.8) is 0 Å². The van der Waals surface area contributed by atoms with Gasteiger partial charge in [-0.3, -0.25) is 4.79 Å². The van der Waals surface area contributed by atoms with Gasteiger partial charge in [0.05, 0.1) is 11.8 Å². The molecule has 0 aliphatic rings. The van der Waals surface area contributed by atoms with E-state index < -0.39 is 15.9 Å². The molecule has 0 fully saturated rings. The fraction of sp³-hybridized carbons (Fsp3) is 0.533. The van der Waals surface area contributed by atoms with Crippen LogP contribution in [-0.2, 0) is 27.5 Å². The SMILES string of the molecule is CCc1ccc(CCNC(=O)C(N)CCS(C)(=O)=O)cc1.Cl. The van der Waals surface area contributed by atoms with E-state index >= 15 is 0 Å². The number of sulfone groups is 1. The van der Waals surface area contributed by atoms with Gasteiger partial charge in [-0.05, 0) is 30.4 Å². The second kappa shape index (κ2) is 9.82. The molecule has 7 heteroatoms. The molecule has 0 spiro atoms. The predicted molar refractivity (Wildman–Crippen MR) is 92.1 cm³/mol. The number of aryl methyl sites for hydroxylation is 1. The molecule has 0 heterocycles. The summed E-state index contributed by atoms with van der Waals surface area (Å²) >= 11 is 0. The Hall–Kier alpha value is -1.11. The smallest absolute Gasteiger partial charge is 0.236 e. The number of hydrogen-bond donors (Lipinski definition) is 2. The fourth-order valence-electron chi connectivity index (χ4n) is 1.87. The molecule has 0 aliphatic heterocycles. The van der Waals surface area contributed by atoms with Gasteiger partial charge in [-0.1, -0.05) is 31.2 Å². The van der Waals surface area contributed by atoms with Gasteiger partial charge >= 0.3 is 0 Å². The Labute approximate surface area is 139 Å². The molecule has 126 valence electrons. The van der Waals surface area contributed by atoms with E-state index in [0.29, 0.717) is 6.54 Å². The minimum Gasteiger partial charge on any atom is -0.354 e. The van der Waals surface area contributed by atoms with E-state index in [1.165, 1.54) is 5.56 Å². The third kappa shape index (κ3) is 8.36. The van der Waals surface area contributed by atoms with Crippen LogP contribution in [0.2, 0.25) is 0 Å². The van der Waals surface area contributed by atoms with Gasteiger partial charge in [0, 0.05) is 12.8 Å². The van der Waals surface area contributed by atoms with Crippen molar-refractivity contribution < 1.29 is 13.2 Å². The molecule has 22 heavy (non-hydrogen) atoms. The number of hydrogen-bond acceptors (Lipinski definition) is 4. The number of halogens is 1. The quantitative estimate of drug-likeness (QED) is 0.736. The molecule has 0 bridgehead atoms. The van der Waals surface area contributed by atoms with Crippen LogP contribution in [0.3, 0.4) is 0 Å². The van der Waals surface area contributed by atoms with Gasteiger partial charge in [-0.25, -0.2) is 8.42 Å². The van der Waals surface area contributed by atoms with Crippen LogP contribution < -0.4 is 11.1 Å². The van der Waals surface area contributed by atoms with Crippen molar-refractivity contribution in [3.8, 4) is 0 Å². The summed E-state index contributed by atoms with van der Waals surface area (Å²) in [6.07, 6.45) is 3.02. The lowest BCUT2D eigenvalue weighted by Crippen LogP contribution is -2.42. The zero-order chi connectivity index (χ0) is 15.9. The molecule has 1 aromatic rings.